The summed E-state index contributed by atoms with van der Waals surface area (Å²) < 4.78 is 5.38. The van der Waals surface area contributed by atoms with Gasteiger partial charge in [0.1, 0.15) is 0 Å². The van der Waals surface area contributed by atoms with Gasteiger partial charge in [-0.2, -0.15) is 0 Å². The number of phenolic OH excluding ortho intramolecular Hbond substituents is 1. The molecule has 1 aromatic carbocycles. The predicted octanol–water partition coefficient (Wildman–Crippen LogP) is 4.90. The third-order valence-electron chi connectivity index (χ3n) is 3.34. The van der Waals surface area contributed by atoms with Crippen LogP contribution in [0.3, 0.4) is 0 Å². The molecule has 0 atom stereocenters. The van der Waals surface area contributed by atoms with Crippen molar-refractivity contribution < 1.29 is 9.84 Å². The van der Waals surface area contributed by atoms with Crippen LogP contribution in [0.4, 0.5) is 0 Å². The Balaban J connectivity index is 1.69. The second kappa shape index (κ2) is 7.59. The van der Waals surface area contributed by atoms with Gasteiger partial charge in [-0.15, -0.1) is 22.7 Å². The molecule has 4 nitrogen and oxygen atoms in total. The molecule has 0 aliphatic heterocycles. The molecule has 0 aliphatic carbocycles. The third-order valence-corrected chi connectivity index (χ3v) is 5.21. The summed E-state index contributed by atoms with van der Waals surface area (Å²) >= 11 is 3.35. The van der Waals surface area contributed by atoms with Crippen molar-refractivity contribution >= 4 is 28.9 Å². The average Bonchev–Trinajstić information content (AvgIpc) is 3.20. The van der Waals surface area contributed by atoms with E-state index in [2.05, 4.69) is 27.5 Å². The highest BCUT2D eigenvalue weighted by atomic mass is 32.1. The van der Waals surface area contributed by atoms with Crippen LogP contribution in [-0.2, 0) is 6.54 Å². The lowest BCUT2D eigenvalue weighted by Crippen LogP contribution is -1.93. The second-order valence-electron chi connectivity index (χ2n) is 5.11. The monoisotopic (exact) mass is 358 g/mol. The lowest BCUT2D eigenvalue weighted by atomic mass is 10.2. The first-order chi connectivity index (χ1) is 11.7. The van der Waals surface area contributed by atoms with Gasteiger partial charge in [0.15, 0.2) is 11.5 Å². The van der Waals surface area contributed by atoms with E-state index in [0.29, 0.717) is 24.5 Å². The number of aliphatic imine (C=N–C) groups is 1. The summed E-state index contributed by atoms with van der Waals surface area (Å²) in [7, 11) is 0. The molecule has 0 bridgehead atoms. The molecular formula is C18H18N2O2S2. The van der Waals surface area contributed by atoms with Crippen LogP contribution in [0.5, 0.6) is 11.5 Å². The standard InChI is InChI=1S/C18H18N2O2S2/c1-3-22-16-6-4-5-13(18(16)21)9-19-10-14-7-8-17(24-14)15-11-23-12(2)20-15/h4-9,11,21H,3,10H2,1-2H3. The molecule has 0 saturated heterocycles. The topological polar surface area (TPSA) is 54.7 Å². The molecule has 124 valence electrons. The minimum Gasteiger partial charge on any atom is -0.504 e. The zero-order valence-electron chi connectivity index (χ0n) is 13.5. The predicted molar refractivity (Wildman–Crippen MR) is 101 cm³/mol. The summed E-state index contributed by atoms with van der Waals surface area (Å²) in [4.78, 5) is 11.3. The number of hydrogen-bond donors (Lipinski definition) is 1. The molecule has 3 aromatic rings. The van der Waals surface area contributed by atoms with Crippen LogP contribution in [-0.4, -0.2) is 22.9 Å². The van der Waals surface area contributed by atoms with E-state index in [1.165, 1.54) is 0 Å². The molecule has 0 radical (unpaired) electrons. The zero-order chi connectivity index (χ0) is 16.9. The lowest BCUT2D eigenvalue weighted by molar-refractivity contribution is 0.318. The minimum atomic E-state index is 0.132. The van der Waals surface area contributed by atoms with E-state index in [9.17, 15) is 5.11 Å². The Hall–Kier alpha value is -2.18. The fourth-order valence-electron chi connectivity index (χ4n) is 2.23. The molecule has 0 amide bonds. The van der Waals surface area contributed by atoms with Crippen LogP contribution in [0.25, 0.3) is 10.6 Å². The molecule has 6 heteroatoms. The van der Waals surface area contributed by atoms with Crippen molar-refractivity contribution in [3.05, 3.63) is 51.2 Å². The van der Waals surface area contributed by atoms with Crippen LogP contribution in [0, 0.1) is 6.92 Å². The molecule has 0 aliphatic rings. The summed E-state index contributed by atoms with van der Waals surface area (Å²) in [6.07, 6.45) is 1.68. The number of phenols is 1. The van der Waals surface area contributed by atoms with Gasteiger partial charge in [0.25, 0.3) is 0 Å². The number of nitrogens with zero attached hydrogens (tertiary/aromatic N) is 2. The Bertz CT molecular complexity index is 852. The maximum absolute atomic E-state index is 10.2. The maximum Gasteiger partial charge on any atom is 0.166 e. The molecular weight excluding hydrogens is 340 g/mol. The highest BCUT2D eigenvalue weighted by Gasteiger charge is 2.07. The number of aromatic hydroxyl groups is 1. The van der Waals surface area contributed by atoms with E-state index in [-0.39, 0.29) is 5.75 Å². The molecule has 24 heavy (non-hydrogen) atoms. The fraction of sp³-hybridized carbons (Fsp3) is 0.222. The number of thiophene rings is 1. The number of thiazole rings is 1. The highest BCUT2D eigenvalue weighted by molar-refractivity contribution is 7.16. The number of benzene rings is 1. The second-order valence-corrected chi connectivity index (χ2v) is 7.35. The Morgan fingerprint density at radius 2 is 2.17 bits per heavy atom. The van der Waals surface area contributed by atoms with Crippen LogP contribution in [0.1, 0.15) is 22.4 Å². The zero-order valence-corrected chi connectivity index (χ0v) is 15.2. The Kier molecular flexibility index (Phi) is 5.27. The van der Waals surface area contributed by atoms with Crippen LogP contribution < -0.4 is 4.74 Å². The minimum absolute atomic E-state index is 0.132. The smallest absolute Gasteiger partial charge is 0.166 e. The summed E-state index contributed by atoms with van der Waals surface area (Å²) in [5.74, 6) is 0.617. The molecule has 2 heterocycles. The number of aryl methyl sites for hydroxylation is 1. The van der Waals surface area contributed by atoms with Gasteiger partial charge in [0.2, 0.25) is 0 Å². The normalized spacial score (nSPS) is 11.2. The lowest BCUT2D eigenvalue weighted by Gasteiger charge is -2.06. The molecule has 0 fully saturated rings. The number of aromatic nitrogens is 1. The van der Waals surface area contributed by atoms with E-state index < -0.39 is 0 Å². The van der Waals surface area contributed by atoms with Gasteiger partial charge >= 0.3 is 0 Å². The number of para-hydroxylation sites is 1. The quantitative estimate of drug-likeness (QED) is 0.637. The summed E-state index contributed by atoms with van der Waals surface area (Å²) in [6, 6.07) is 9.57. The van der Waals surface area contributed by atoms with E-state index in [0.717, 1.165) is 20.5 Å². The number of hydrogen-bond acceptors (Lipinski definition) is 6. The number of rotatable bonds is 6. The highest BCUT2D eigenvalue weighted by Crippen LogP contribution is 2.30. The van der Waals surface area contributed by atoms with Crippen molar-refractivity contribution in [1.82, 2.24) is 4.98 Å². The number of ether oxygens (including phenoxy) is 1. The van der Waals surface area contributed by atoms with Crippen LogP contribution in [0.15, 0.2) is 40.7 Å². The van der Waals surface area contributed by atoms with Gasteiger partial charge in [0.05, 0.1) is 28.7 Å². The van der Waals surface area contributed by atoms with Gasteiger partial charge in [0, 0.05) is 22.0 Å². The molecule has 2 aromatic heterocycles. The van der Waals surface area contributed by atoms with Crippen molar-refractivity contribution in [2.45, 2.75) is 20.4 Å². The van der Waals surface area contributed by atoms with Crippen molar-refractivity contribution in [2.75, 3.05) is 6.61 Å². The fourth-order valence-corrected chi connectivity index (χ4v) is 3.82. The molecule has 1 N–H and O–H groups in total. The van der Waals surface area contributed by atoms with Crippen molar-refractivity contribution in [2.24, 2.45) is 4.99 Å². The first kappa shape index (κ1) is 16.7. The average molecular weight is 358 g/mol. The van der Waals surface area contributed by atoms with Crippen molar-refractivity contribution in [3.63, 3.8) is 0 Å². The molecule has 0 unspecified atom stereocenters. The molecule has 3 rings (SSSR count). The third kappa shape index (κ3) is 3.83. The molecule has 0 spiro atoms. The van der Waals surface area contributed by atoms with Crippen molar-refractivity contribution in [3.8, 4) is 22.1 Å². The van der Waals surface area contributed by atoms with Gasteiger partial charge in [-0.1, -0.05) is 6.07 Å². The van der Waals surface area contributed by atoms with Gasteiger partial charge in [-0.3, -0.25) is 4.99 Å². The largest absolute Gasteiger partial charge is 0.504 e. The van der Waals surface area contributed by atoms with E-state index in [1.807, 2.05) is 26.0 Å². The summed E-state index contributed by atoms with van der Waals surface area (Å²) in [5.41, 5.74) is 1.69. The summed E-state index contributed by atoms with van der Waals surface area (Å²) in [6.45, 7) is 4.99. The molecule has 0 saturated carbocycles. The SMILES string of the molecule is CCOc1cccc(C=NCc2ccc(-c3csc(C)n3)s2)c1O. The first-order valence-corrected chi connectivity index (χ1v) is 9.32. The van der Waals surface area contributed by atoms with Gasteiger partial charge in [-0.05, 0) is 38.1 Å². The van der Waals surface area contributed by atoms with Crippen LogP contribution in [0.2, 0.25) is 0 Å². The maximum atomic E-state index is 10.2. The van der Waals surface area contributed by atoms with E-state index in [1.54, 1.807) is 35.0 Å². The first-order valence-electron chi connectivity index (χ1n) is 7.63. The van der Waals surface area contributed by atoms with Crippen molar-refractivity contribution in [1.29, 1.82) is 0 Å². The van der Waals surface area contributed by atoms with Gasteiger partial charge < -0.3 is 9.84 Å². The van der Waals surface area contributed by atoms with Gasteiger partial charge in [-0.25, -0.2) is 4.98 Å². The Morgan fingerprint density at radius 3 is 2.92 bits per heavy atom. The van der Waals surface area contributed by atoms with Crippen LogP contribution >= 0.6 is 22.7 Å². The Morgan fingerprint density at radius 1 is 1.29 bits per heavy atom. The Labute approximate surface area is 149 Å². The van der Waals surface area contributed by atoms with E-state index >= 15 is 0 Å². The van der Waals surface area contributed by atoms with E-state index in [4.69, 9.17) is 4.74 Å². The summed E-state index contributed by atoms with van der Waals surface area (Å²) in [5, 5.41) is 13.3.